The van der Waals surface area contributed by atoms with Crippen molar-refractivity contribution in [1.29, 1.82) is 0 Å². The molecule has 0 saturated heterocycles. The Balaban J connectivity index is 2.05. The smallest absolute Gasteiger partial charge is 0.418 e. The standard InChI is InChI=1S/C21H11BrF3NO2/c22-13-9-17(28-11-13)20(27)15-10-26-19-14(7-4-8-16(19)21(23,24)25)18(15)12-5-2-1-3-6-12/h1-11H. The molecule has 0 N–H and O–H groups in total. The summed E-state index contributed by atoms with van der Waals surface area (Å²) < 4.78 is 46.2. The van der Waals surface area contributed by atoms with E-state index in [1.165, 1.54) is 30.7 Å². The van der Waals surface area contributed by atoms with E-state index in [-0.39, 0.29) is 22.2 Å². The van der Waals surface area contributed by atoms with Gasteiger partial charge in [-0.05, 0) is 27.6 Å². The number of fused-ring (bicyclic) bond motifs is 1. The highest BCUT2D eigenvalue weighted by Gasteiger charge is 2.34. The minimum absolute atomic E-state index is 0.0668. The summed E-state index contributed by atoms with van der Waals surface area (Å²) in [5, 5.41) is 0.248. The van der Waals surface area contributed by atoms with Crippen molar-refractivity contribution in [1.82, 2.24) is 4.98 Å². The number of furan rings is 1. The fraction of sp³-hybridized carbons (Fsp3) is 0.0476. The molecule has 0 saturated carbocycles. The summed E-state index contributed by atoms with van der Waals surface area (Å²) in [5.41, 5.74) is 0.116. The van der Waals surface area contributed by atoms with Crippen LogP contribution in [0.1, 0.15) is 21.7 Å². The van der Waals surface area contributed by atoms with Crippen LogP contribution in [0.4, 0.5) is 13.2 Å². The van der Waals surface area contributed by atoms with Crippen LogP contribution in [0.3, 0.4) is 0 Å². The normalized spacial score (nSPS) is 11.7. The number of aromatic nitrogens is 1. The van der Waals surface area contributed by atoms with E-state index in [0.29, 0.717) is 15.6 Å². The van der Waals surface area contributed by atoms with E-state index < -0.39 is 17.5 Å². The second-order valence-electron chi connectivity index (χ2n) is 6.07. The van der Waals surface area contributed by atoms with Gasteiger partial charge >= 0.3 is 6.18 Å². The zero-order valence-corrected chi connectivity index (χ0v) is 15.7. The Morgan fingerprint density at radius 2 is 1.79 bits per heavy atom. The van der Waals surface area contributed by atoms with Crippen molar-refractivity contribution < 1.29 is 22.4 Å². The summed E-state index contributed by atoms with van der Waals surface area (Å²) in [6.45, 7) is 0. The van der Waals surface area contributed by atoms with Crippen LogP contribution in [0.15, 0.2) is 75.9 Å². The van der Waals surface area contributed by atoms with E-state index in [9.17, 15) is 18.0 Å². The zero-order chi connectivity index (χ0) is 19.9. The molecule has 0 fully saturated rings. The molecule has 0 amide bonds. The minimum atomic E-state index is -4.56. The van der Waals surface area contributed by atoms with Crippen molar-refractivity contribution >= 4 is 32.6 Å². The molecule has 0 bridgehead atoms. The van der Waals surface area contributed by atoms with E-state index in [1.54, 1.807) is 30.3 Å². The highest BCUT2D eigenvalue weighted by atomic mass is 79.9. The topological polar surface area (TPSA) is 43.1 Å². The van der Waals surface area contributed by atoms with Crippen molar-refractivity contribution in [2.45, 2.75) is 6.18 Å². The number of hydrogen-bond donors (Lipinski definition) is 0. The van der Waals surface area contributed by atoms with Gasteiger partial charge in [0, 0.05) is 23.2 Å². The number of para-hydroxylation sites is 1. The number of hydrogen-bond acceptors (Lipinski definition) is 3. The Kier molecular flexibility index (Phi) is 4.55. The summed E-state index contributed by atoms with van der Waals surface area (Å²) in [6, 6.07) is 14.1. The van der Waals surface area contributed by atoms with Crippen LogP contribution < -0.4 is 0 Å². The molecule has 2 aromatic carbocycles. The maximum absolute atomic E-state index is 13.5. The lowest BCUT2D eigenvalue weighted by Gasteiger charge is -2.15. The first-order chi connectivity index (χ1) is 13.4. The maximum atomic E-state index is 13.5. The molecule has 4 aromatic rings. The molecule has 2 aromatic heterocycles. The van der Waals surface area contributed by atoms with E-state index in [1.807, 2.05) is 0 Å². The number of ketones is 1. The van der Waals surface area contributed by atoms with Gasteiger partial charge in [-0.2, -0.15) is 13.2 Å². The first-order valence-corrected chi connectivity index (χ1v) is 8.98. The largest absolute Gasteiger partial charge is 0.460 e. The molecular formula is C21H11BrF3NO2. The lowest BCUT2D eigenvalue weighted by molar-refractivity contribution is -0.136. The van der Waals surface area contributed by atoms with Crippen LogP contribution >= 0.6 is 15.9 Å². The summed E-state index contributed by atoms with van der Waals surface area (Å²) in [6.07, 6.45) is -2.01. The molecule has 4 rings (SSSR count). The molecule has 0 unspecified atom stereocenters. The molecule has 0 spiro atoms. The van der Waals surface area contributed by atoms with Crippen molar-refractivity contribution in [2.24, 2.45) is 0 Å². The molecular weight excluding hydrogens is 435 g/mol. The number of rotatable bonds is 3. The van der Waals surface area contributed by atoms with Gasteiger partial charge in [-0.15, -0.1) is 0 Å². The third-order valence-corrected chi connectivity index (χ3v) is 4.72. The Bertz CT molecular complexity index is 1180. The monoisotopic (exact) mass is 445 g/mol. The summed E-state index contributed by atoms with van der Waals surface area (Å²) in [7, 11) is 0. The van der Waals surface area contributed by atoms with Gasteiger partial charge in [-0.1, -0.05) is 42.5 Å². The number of alkyl halides is 3. The third kappa shape index (κ3) is 3.22. The lowest BCUT2D eigenvalue weighted by atomic mass is 9.92. The molecule has 2 heterocycles. The zero-order valence-electron chi connectivity index (χ0n) is 14.1. The van der Waals surface area contributed by atoms with Crippen LogP contribution in [0, 0.1) is 0 Å². The van der Waals surface area contributed by atoms with Crippen LogP contribution in [-0.2, 0) is 6.18 Å². The molecule has 0 aliphatic carbocycles. The number of halogens is 4. The van der Waals surface area contributed by atoms with E-state index in [0.717, 1.165) is 6.07 Å². The lowest BCUT2D eigenvalue weighted by Crippen LogP contribution is -2.09. The third-order valence-electron chi connectivity index (χ3n) is 4.30. The van der Waals surface area contributed by atoms with Crippen molar-refractivity contribution in [3.05, 3.63) is 88.4 Å². The summed E-state index contributed by atoms with van der Waals surface area (Å²) >= 11 is 3.22. The van der Waals surface area contributed by atoms with Crippen molar-refractivity contribution in [3.8, 4) is 11.1 Å². The molecule has 0 aliphatic rings. The Labute approximate surface area is 165 Å². The van der Waals surface area contributed by atoms with Gasteiger partial charge in [0.25, 0.3) is 0 Å². The SMILES string of the molecule is O=C(c1cc(Br)co1)c1cnc2c(C(F)(F)F)cccc2c1-c1ccccc1. The fourth-order valence-corrected chi connectivity index (χ4v) is 3.41. The van der Waals surface area contributed by atoms with Crippen LogP contribution in [-0.4, -0.2) is 10.8 Å². The fourth-order valence-electron chi connectivity index (χ4n) is 3.10. The van der Waals surface area contributed by atoms with E-state index in [2.05, 4.69) is 20.9 Å². The number of nitrogens with zero attached hydrogens (tertiary/aromatic N) is 1. The average molecular weight is 446 g/mol. The quantitative estimate of drug-likeness (QED) is 0.337. The van der Waals surface area contributed by atoms with Crippen LogP contribution in [0.2, 0.25) is 0 Å². The number of pyridine rings is 1. The van der Waals surface area contributed by atoms with Gasteiger partial charge in [-0.3, -0.25) is 9.78 Å². The molecule has 3 nitrogen and oxygen atoms in total. The van der Waals surface area contributed by atoms with Gasteiger partial charge in [0.15, 0.2) is 5.76 Å². The second-order valence-corrected chi connectivity index (χ2v) is 6.99. The predicted molar refractivity (Wildman–Crippen MR) is 102 cm³/mol. The van der Waals surface area contributed by atoms with Crippen molar-refractivity contribution in [2.75, 3.05) is 0 Å². The molecule has 140 valence electrons. The van der Waals surface area contributed by atoms with Crippen molar-refractivity contribution in [3.63, 3.8) is 0 Å². The van der Waals surface area contributed by atoms with Gasteiger partial charge in [0.1, 0.15) is 6.26 Å². The Morgan fingerprint density at radius 3 is 2.43 bits per heavy atom. The Hall–Kier alpha value is -2.93. The average Bonchev–Trinajstić information content (AvgIpc) is 3.12. The second kappa shape index (κ2) is 6.91. The summed E-state index contributed by atoms with van der Waals surface area (Å²) in [4.78, 5) is 17.0. The minimum Gasteiger partial charge on any atom is -0.460 e. The highest BCUT2D eigenvalue weighted by Crippen LogP contribution is 2.39. The Morgan fingerprint density at radius 1 is 1.04 bits per heavy atom. The maximum Gasteiger partial charge on any atom is 0.418 e. The van der Waals surface area contributed by atoms with E-state index in [4.69, 9.17) is 4.42 Å². The summed E-state index contributed by atoms with van der Waals surface area (Å²) in [5.74, 6) is -0.395. The van der Waals surface area contributed by atoms with Gasteiger partial charge in [0.05, 0.1) is 21.1 Å². The number of carbonyl (C=O) groups excluding carboxylic acids is 1. The number of carbonyl (C=O) groups is 1. The van der Waals surface area contributed by atoms with Crippen LogP contribution in [0.5, 0.6) is 0 Å². The molecule has 0 atom stereocenters. The first-order valence-electron chi connectivity index (χ1n) is 8.19. The molecule has 7 heteroatoms. The van der Waals surface area contributed by atoms with E-state index >= 15 is 0 Å². The first kappa shape index (κ1) is 18.4. The van der Waals surface area contributed by atoms with Gasteiger partial charge in [0.2, 0.25) is 5.78 Å². The molecule has 28 heavy (non-hydrogen) atoms. The molecule has 0 aliphatic heterocycles. The highest BCUT2D eigenvalue weighted by molar-refractivity contribution is 9.10. The van der Waals surface area contributed by atoms with Gasteiger partial charge < -0.3 is 4.42 Å². The number of benzene rings is 2. The van der Waals surface area contributed by atoms with Gasteiger partial charge in [-0.25, -0.2) is 0 Å². The molecule has 0 radical (unpaired) electrons. The predicted octanol–water partition coefficient (Wildman–Crippen LogP) is 6.51. The van der Waals surface area contributed by atoms with Crippen LogP contribution in [0.25, 0.3) is 22.0 Å².